The molecular weight excluding hydrogens is 154 g/mol. The van der Waals surface area contributed by atoms with Crippen molar-refractivity contribution in [3.8, 4) is 0 Å². The van der Waals surface area contributed by atoms with Crippen LogP contribution in [0.3, 0.4) is 0 Å². The van der Waals surface area contributed by atoms with Crippen molar-refractivity contribution in [2.24, 2.45) is 0 Å². The second-order valence-corrected chi connectivity index (χ2v) is 2.77. The summed E-state index contributed by atoms with van der Waals surface area (Å²) in [7, 11) is 0. The summed E-state index contributed by atoms with van der Waals surface area (Å²) >= 11 is -5.84. The molecule has 0 aliphatic rings. The molecule has 0 rings (SSSR count). The highest BCUT2D eigenvalue weighted by molar-refractivity contribution is 8.21. The molecule has 0 aromatic heterocycles. The SMILES string of the molecule is N=C(S(=O)[O-])S(=O)[O-]. The Kier molecular flexibility index (Phi) is 2.98. The lowest BCUT2D eigenvalue weighted by Gasteiger charge is -2.07. The van der Waals surface area contributed by atoms with Crippen LogP contribution >= 0.6 is 0 Å². The van der Waals surface area contributed by atoms with E-state index in [1.165, 1.54) is 0 Å². The van der Waals surface area contributed by atoms with Crippen LogP contribution in [0.2, 0.25) is 0 Å². The van der Waals surface area contributed by atoms with E-state index in [1.54, 1.807) is 0 Å². The summed E-state index contributed by atoms with van der Waals surface area (Å²) in [6.45, 7) is 0. The van der Waals surface area contributed by atoms with E-state index in [1.807, 2.05) is 0 Å². The molecular formula is CHNO4S2-2. The Morgan fingerprint density at radius 1 is 1.25 bits per heavy atom. The van der Waals surface area contributed by atoms with Gasteiger partial charge in [-0.05, 0) is 0 Å². The Morgan fingerprint density at radius 2 is 1.50 bits per heavy atom. The predicted octanol–water partition coefficient (Wildman–Crippen LogP) is -1.32. The van der Waals surface area contributed by atoms with E-state index in [-0.39, 0.29) is 0 Å². The zero-order valence-corrected chi connectivity index (χ0v) is 5.08. The highest BCUT2D eigenvalue weighted by atomic mass is 32.3. The Morgan fingerprint density at radius 3 is 1.50 bits per heavy atom. The Hall–Kier alpha value is -0.110. The maximum Gasteiger partial charge on any atom is 0.155 e. The van der Waals surface area contributed by atoms with Gasteiger partial charge < -0.3 is 9.11 Å². The summed E-state index contributed by atoms with van der Waals surface area (Å²) in [6, 6.07) is 0. The molecule has 0 aliphatic heterocycles. The molecule has 0 saturated heterocycles. The molecule has 1 N–H and O–H groups in total. The van der Waals surface area contributed by atoms with Crippen molar-refractivity contribution in [3.63, 3.8) is 0 Å². The van der Waals surface area contributed by atoms with Crippen molar-refractivity contribution >= 4 is 26.5 Å². The molecule has 0 heterocycles. The molecule has 8 heavy (non-hydrogen) atoms. The van der Waals surface area contributed by atoms with Crippen LogP contribution in [0.15, 0.2) is 0 Å². The van der Waals surface area contributed by atoms with E-state index < -0.39 is 26.5 Å². The molecule has 5 nitrogen and oxygen atoms in total. The summed E-state index contributed by atoms with van der Waals surface area (Å²) in [6.07, 6.45) is 0. The third kappa shape index (κ3) is 2.26. The molecule has 2 atom stereocenters. The normalized spacial score (nSPS) is 17.2. The monoisotopic (exact) mass is 155 g/mol. The lowest BCUT2D eigenvalue weighted by Crippen LogP contribution is -2.10. The summed E-state index contributed by atoms with van der Waals surface area (Å²) in [5.74, 6) is 0. The van der Waals surface area contributed by atoms with Gasteiger partial charge in [0.2, 0.25) is 0 Å². The Balaban J connectivity index is 4.05. The highest BCUT2D eigenvalue weighted by Gasteiger charge is 1.92. The van der Waals surface area contributed by atoms with Crippen LogP contribution in [0, 0.1) is 5.41 Å². The van der Waals surface area contributed by atoms with E-state index in [9.17, 15) is 17.5 Å². The predicted molar refractivity (Wildman–Crippen MR) is 25.6 cm³/mol. The molecule has 0 aromatic carbocycles. The maximum absolute atomic E-state index is 9.52. The first-order valence-corrected chi connectivity index (χ1v) is 3.47. The molecule has 0 spiro atoms. The second-order valence-electron chi connectivity index (χ2n) is 0.757. The molecule has 0 aromatic rings. The van der Waals surface area contributed by atoms with Gasteiger partial charge in [-0.25, -0.2) is 0 Å². The quantitative estimate of drug-likeness (QED) is 0.266. The molecule has 0 radical (unpaired) electrons. The van der Waals surface area contributed by atoms with Crippen LogP contribution < -0.4 is 0 Å². The van der Waals surface area contributed by atoms with Gasteiger partial charge in [0.15, 0.2) is 4.38 Å². The summed E-state index contributed by atoms with van der Waals surface area (Å²) in [5, 5.41) is 6.17. The van der Waals surface area contributed by atoms with E-state index in [4.69, 9.17) is 5.41 Å². The zero-order chi connectivity index (χ0) is 6.73. The average Bonchev–Trinajstić information content (AvgIpc) is 1.64. The van der Waals surface area contributed by atoms with Gasteiger partial charge in [0.1, 0.15) is 0 Å². The van der Waals surface area contributed by atoms with Crippen LogP contribution in [0.5, 0.6) is 0 Å². The van der Waals surface area contributed by atoms with Gasteiger partial charge in [0, 0.05) is 22.2 Å². The standard InChI is InChI=1S/CH3NO4S2/c2-1(7(3)4)8(5)6/h2H,(H,3,4)(H,5,6)/p-2. The third-order valence-corrected chi connectivity index (χ3v) is 1.72. The molecule has 0 bridgehead atoms. The smallest absolute Gasteiger partial charge is 0.155 e. The van der Waals surface area contributed by atoms with Gasteiger partial charge in [-0.2, -0.15) is 0 Å². The van der Waals surface area contributed by atoms with Crippen LogP contribution in [0.25, 0.3) is 0 Å². The van der Waals surface area contributed by atoms with Crippen molar-refractivity contribution in [2.45, 2.75) is 0 Å². The molecule has 7 heteroatoms. The minimum absolute atomic E-state index is 1.31. The lowest BCUT2D eigenvalue weighted by molar-refractivity contribution is 0.543. The average molecular weight is 155 g/mol. The van der Waals surface area contributed by atoms with Crippen LogP contribution in [0.4, 0.5) is 0 Å². The first-order valence-electron chi connectivity index (χ1n) is 1.32. The molecule has 0 aliphatic carbocycles. The first-order chi connectivity index (χ1) is 3.55. The van der Waals surface area contributed by atoms with E-state index in [0.29, 0.717) is 0 Å². The van der Waals surface area contributed by atoms with Crippen molar-refractivity contribution in [3.05, 3.63) is 0 Å². The third-order valence-electron chi connectivity index (χ3n) is 0.303. The van der Waals surface area contributed by atoms with E-state index >= 15 is 0 Å². The fourth-order valence-corrected chi connectivity index (χ4v) is 0.500. The van der Waals surface area contributed by atoms with Gasteiger partial charge in [0.05, 0.1) is 0 Å². The number of hydrogen-bond donors (Lipinski definition) is 1. The van der Waals surface area contributed by atoms with Gasteiger partial charge >= 0.3 is 0 Å². The zero-order valence-electron chi connectivity index (χ0n) is 3.45. The minimum Gasteiger partial charge on any atom is -0.767 e. The second kappa shape index (κ2) is 3.02. The number of hydrogen-bond acceptors (Lipinski definition) is 5. The minimum atomic E-state index is -2.92. The topological polar surface area (TPSA) is 104 Å². The number of nitrogens with one attached hydrogen (secondary N) is 1. The van der Waals surface area contributed by atoms with Crippen molar-refractivity contribution in [1.29, 1.82) is 5.41 Å². The van der Waals surface area contributed by atoms with Gasteiger partial charge in [-0.1, -0.05) is 0 Å². The highest BCUT2D eigenvalue weighted by Crippen LogP contribution is 1.81. The Labute approximate surface area is 50.2 Å². The van der Waals surface area contributed by atoms with Gasteiger partial charge in [-0.15, -0.1) is 0 Å². The van der Waals surface area contributed by atoms with Crippen molar-refractivity contribution in [1.82, 2.24) is 0 Å². The fourth-order valence-electron chi connectivity index (χ4n) is 0.0556. The van der Waals surface area contributed by atoms with Gasteiger partial charge in [0.25, 0.3) is 0 Å². The van der Waals surface area contributed by atoms with Crippen molar-refractivity contribution in [2.75, 3.05) is 0 Å². The number of rotatable bonds is 0. The maximum atomic E-state index is 9.52. The van der Waals surface area contributed by atoms with Crippen molar-refractivity contribution < 1.29 is 17.5 Å². The van der Waals surface area contributed by atoms with E-state index in [0.717, 1.165) is 0 Å². The fraction of sp³-hybridized carbons (Fsp3) is 0. The van der Waals surface area contributed by atoms with Crippen LogP contribution in [0.1, 0.15) is 0 Å². The summed E-state index contributed by atoms with van der Waals surface area (Å²) < 4.78 is 36.8. The van der Waals surface area contributed by atoms with E-state index in [2.05, 4.69) is 0 Å². The molecule has 48 valence electrons. The first kappa shape index (κ1) is 7.89. The van der Waals surface area contributed by atoms with Crippen LogP contribution in [-0.2, 0) is 22.2 Å². The summed E-state index contributed by atoms with van der Waals surface area (Å²) in [4.78, 5) is 0. The lowest BCUT2D eigenvalue weighted by atomic mass is 11.7. The molecule has 2 unspecified atom stereocenters. The van der Waals surface area contributed by atoms with Crippen LogP contribution in [-0.4, -0.2) is 21.9 Å². The summed E-state index contributed by atoms with van der Waals surface area (Å²) in [5.41, 5.74) is 0. The molecule has 0 fully saturated rings. The Bertz CT molecular complexity index is 136. The van der Waals surface area contributed by atoms with Gasteiger partial charge in [-0.3, -0.25) is 13.8 Å². The molecule has 0 saturated carbocycles. The molecule has 0 amide bonds. The largest absolute Gasteiger partial charge is 0.767 e.